The van der Waals surface area contributed by atoms with Crippen LogP contribution in [0, 0.1) is 0 Å². The van der Waals surface area contributed by atoms with Crippen LogP contribution < -0.4 is 16.3 Å². The smallest absolute Gasteiger partial charge is 0.350 e. The predicted octanol–water partition coefficient (Wildman–Crippen LogP) is 0.839. The maximum absolute atomic E-state index is 11.1. The molecule has 7 heteroatoms. The molecule has 6 nitrogen and oxygen atoms in total. The molecule has 1 rings (SSSR count). The molecule has 1 aromatic heterocycles. The molecule has 3 N–H and O–H groups in total. The maximum atomic E-state index is 11.1. The van der Waals surface area contributed by atoms with Crippen LogP contribution in [0.2, 0.25) is 0 Å². The third kappa shape index (κ3) is 4.64. The number of hydrogen-bond donors (Lipinski definition) is 3. The average molecular weight is 234 g/mol. The molecule has 0 aliphatic heterocycles. The second-order valence-corrected chi connectivity index (χ2v) is 3.16. The Balaban J connectivity index is 0.00000196. The lowest BCUT2D eigenvalue weighted by Crippen LogP contribution is -2.21. The van der Waals surface area contributed by atoms with Crippen LogP contribution in [-0.4, -0.2) is 27.5 Å². The van der Waals surface area contributed by atoms with Gasteiger partial charge >= 0.3 is 5.69 Å². The third-order valence-electron chi connectivity index (χ3n) is 1.41. The number of H-pyrrole nitrogens is 1. The van der Waals surface area contributed by atoms with Crippen molar-refractivity contribution in [1.29, 1.82) is 0 Å². The normalized spacial score (nSPS) is 9.60. The van der Waals surface area contributed by atoms with Crippen LogP contribution in [0.3, 0.4) is 0 Å². The Labute approximate surface area is 94.3 Å². The van der Waals surface area contributed by atoms with Crippen LogP contribution in [0.25, 0.3) is 0 Å². The van der Waals surface area contributed by atoms with Crippen molar-refractivity contribution in [2.24, 2.45) is 0 Å². The molecule has 0 spiro atoms. The van der Waals surface area contributed by atoms with Gasteiger partial charge < -0.3 is 10.6 Å². The van der Waals surface area contributed by atoms with Gasteiger partial charge in [-0.2, -0.15) is 9.97 Å². The zero-order valence-electron chi connectivity index (χ0n) is 9.00. The van der Waals surface area contributed by atoms with Crippen molar-refractivity contribution in [2.75, 3.05) is 17.2 Å². The molecule has 0 fully saturated rings. The highest BCUT2D eigenvalue weighted by Gasteiger charge is 2.02. The fourth-order valence-corrected chi connectivity index (χ4v) is 0.963. The van der Waals surface area contributed by atoms with Gasteiger partial charge in [0.1, 0.15) is 0 Å². The van der Waals surface area contributed by atoms with E-state index < -0.39 is 5.69 Å². The molecular formula is C8H16ClN5O. The molecule has 0 radical (unpaired) electrons. The first kappa shape index (κ1) is 13.7. The molecule has 0 amide bonds. The summed E-state index contributed by atoms with van der Waals surface area (Å²) >= 11 is 0. The van der Waals surface area contributed by atoms with Crippen molar-refractivity contribution in [3.8, 4) is 0 Å². The first-order valence-corrected chi connectivity index (χ1v) is 4.60. The summed E-state index contributed by atoms with van der Waals surface area (Å²) in [5.74, 6) is 0.787. The van der Waals surface area contributed by atoms with Gasteiger partial charge in [0.25, 0.3) is 0 Å². The summed E-state index contributed by atoms with van der Waals surface area (Å²) < 4.78 is 0. The molecular weight excluding hydrogens is 218 g/mol. The summed E-state index contributed by atoms with van der Waals surface area (Å²) in [5.41, 5.74) is -0.404. The lowest BCUT2D eigenvalue weighted by Gasteiger charge is -2.08. The Morgan fingerprint density at radius 1 is 1.40 bits per heavy atom. The Morgan fingerprint density at radius 3 is 2.60 bits per heavy atom. The van der Waals surface area contributed by atoms with E-state index in [-0.39, 0.29) is 18.4 Å². The number of nitrogens with one attached hydrogen (secondary N) is 3. The summed E-state index contributed by atoms with van der Waals surface area (Å²) in [4.78, 5) is 21.3. The van der Waals surface area contributed by atoms with Crippen molar-refractivity contribution < 1.29 is 0 Å². The molecule has 1 aromatic rings. The van der Waals surface area contributed by atoms with Crippen LogP contribution in [0.1, 0.15) is 20.8 Å². The molecule has 0 aliphatic rings. The van der Waals surface area contributed by atoms with Crippen LogP contribution in [-0.2, 0) is 0 Å². The van der Waals surface area contributed by atoms with Crippen LogP contribution in [0.15, 0.2) is 4.79 Å². The van der Waals surface area contributed by atoms with Gasteiger partial charge in [-0.25, -0.2) is 4.79 Å². The SMILES string of the molecule is CCNc1nc(NC(C)C)[nH]c(=O)n1.Cl. The van der Waals surface area contributed by atoms with E-state index in [1.165, 1.54) is 0 Å². The Kier molecular flexibility index (Phi) is 5.69. The number of anilines is 2. The lowest BCUT2D eigenvalue weighted by atomic mass is 10.4. The van der Waals surface area contributed by atoms with E-state index >= 15 is 0 Å². The highest BCUT2D eigenvalue weighted by Crippen LogP contribution is 2.00. The van der Waals surface area contributed by atoms with Crippen molar-refractivity contribution in [1.82, 2.24) is 15.0 Å². The number of hydrogen-bond acceptors (Lipinski definition) is 5. The fraction of sp³-hybridized carbons (Fsp3) is 0.625. The minimum atomic E-state index is -0.404. The monoisotopic (exact) mass is 233 g/mol. The summed E-state index contributed by atoms with van der Waals surface area (Å²) in [6.45, 7) is 6.53. The second kappa shape index (κ2) is 6.23. The zero-order chi connectivity index (χ0) is 10.6. The number of rotatable bonds is 4. The molecule has 0 saturated carbocycles. The standard InChI is InChI=1S/C8H15N5O.ClH/c1-4-9-6-11-7(10-5(2)3)13-8(14)12-6;/h5H,4H2,1-3H3,(H3,9,10,11,12,13,14);1H. The van der Waals surface area contributed by atoms with E-state index in [9.17, 15) is 4.79 Å². The summed E-state index contributed by atoms with van der Waals surface area (Å²) in [7, 11) is 0. The van der Waals surface area contributed by atoms with Crippen LogP contribution in [0.4, 0.5) is 11.9 Å². The molecule has 0 bridgehead atoms. The van der Waals surface area contributed by atoms with E-state index in [0.717, 1.165) is 0 Å². The average Bonchev–Trinajstić information content (AvgIpc) is 2.01. The Hall–Kier alpha value is -1.30. The van der Waals surface area contributed by atoms with Crippen LogP contribution in [0.5, 0.6) is 0 Å². The molecule has 0 atom stereocenters. The van der Waals surface area contributed by atoms with Gasteiger partial charge in [-0.3, -0.25) is 4.98 Å². The van der Waals surface area contributed by atoms with Gasteiger partial charge in [0.15, 0.2) is 0 Å². The number of aromatic amines is 1. The largest absolute Gasteiger partial charge is 0.354 e. The predicted molar refractivity (Wildman–Crippen MR) is 62.8 cm³/mol. The van der Waals surface area contributed by atoms with Gasteiger partial charge in [0, 0.05) is 12.6 Å². The van der Waals surface area contributed by atoms with Crippen LogP contribution >= 0.6 is 12.4 Å². The van der Waals surface area contributed by atoms with Gasteiger partial charge in [-0.05, 0) is 20.8 Å². The molecule has 86 valence electrons. The zero-order valence-corrected chi connectivity index (χ0v) is 9.81. The number of nitrogens with zero attached hydrogens (tertiary/aromatic N) is 2. The van der Waals surface area contributed by atoms with Gasteiger partial charge in [0.05, 0.1) is 0 Å². The van der Waals surface area contributed by atoms with E-state index in [0.29, 0.717) is 18.4 Å². The van der Waals surface area contributed by atoms with Crippen molar-refractivity contribution in [2.45, 2.75) is 26.8 Å². The van der Waals surface area contributed by atoms with Crippen molar-refractivity contribution in [3.05, 3.63) is 10.5 Å². The fourth-order valence-electron chi connectivity index (χ4n) is 0.963. The molecule has 1 heterocycles. The maximum Gasteiger partial charge on any atom is 0.350 e. The molecule has 15 heavy (non-hydrogen) atoms. The number of halogens is 1. The molecule has 0 unspecified atom stereocenters. The van der Waals surface area contributed by atoms with Gasteiger partial charge in [-0.15, -0.1) is 12.4 Å². The molecule has 0 aliphatic carbocycles. The van der Waals surface area contributed by atoms with E-state index in [1.54, 1.807) is 0 Å². The van der Waals surface area contributed by atoms with Crippen molar-refractivity contribution in [3.63, 3.8) is 0 Å². The minimum absolute atomic E-state index is 0. The Bertz CT molecular complexity index is 351. The lowest BCUT2D eigenvalue weighted by molar-refractivity contribution is 0.857. The van der Waals surface area contributed by atoms with Crippen molar-refractivity contribution >= 4 is 24.3 Å². The topological polar surface area (TPSA) is 82.7 Å². The third-order valence-corrected chi connectivity index (χ3v) is 1.41. The quantitative estimate of drug-likeness (QED) is 0.718. The number of aromatic nitrogens is 3. The van der Waals surface area contributed by atoms with E-state index in [2.05, 4.69) is 25.6 Å². The summed E-state index contributed by atoms with van der Waals surface area (Å²) in [5, 5.41) is 5.88. The molecule has 0 saturated heterocycles. The second-order valence-electron chi connectivity index (χ2n) is 3.16. The van der Waals surface area contributed by atoms with E-state index in [4.69, 9.17) is 0 Å². The minimum Gasteiger partial charge on any atom is -0.354 e. The highest BCUT2D eigenvalue weighted by atomic mass is 35.5. The van der Waals surface area contributed by atoms with Gasteiger partial charge in [0.2, 0.25) is 11.9 Å². The molecule has 0 aromatic carbocycles. The Morgan fingerprint density at radius 2 is 2.07 bits per heavy atom. The first-order valence-electron chi connectivity index (χ1n) is 4.60. The highest BCUT2D eigenvalue weighted by molar-refractivity contribution is 5.85. The van der Waals surface area contributed by atoms with E-state index in [1.807, 2.05) is 20.8 Å². The van der Waals surface area contributed by atoms with Gasteiger partial charge in [-0.1, -0.05) is 0 Å². The summed E-state index contributed by atoms with van der Waals surface area (Å²) in [6, 6.07) is 0.218. The first-order chi connectivity index (χ1) is 6.61. The summed E-state index contributed by atoms with van der Waals surface area (Å²) in [6.07, 6.45) is 0.